The molecule has 8 aromatic carbocycles. The lowest BCUT2D eigenvalue weighted by Crippen LogP contribution is -1.91. The van der Waals surface area contributed by atoms with E-state index in [0.29, 0.717) is 0 Å². The standard InChI is InChI=1S/C42H26O/c1-2-13-30-27(11-1)12-9-19-31(30)28-23-25-29(26-24-28)40-33-15-3-5-17-35(33)41(36-18-6-4-16-34(36)40)38-21-10-20-37-32-14-7-8-22-39(32)43-42(37)38/h1-26H. The summed E-state index contributed by atoms with van der Waals surface area (Å²) in [5, 5.41) is 9.76. The molecule has 0 aliphatic carbocycles. The van der Waals surface area contributed by atoms with Crippen molar-refractivity contribution < 1.29 is 4.42 Å². The Bertz CT molecular complexity index is 2430. The summed E-state index contributed by atoms with van der Waals surface area (Å²) in [6, 6.07) is 56.7. The van der Waals surface area contributed by atoms with Crippen molar-refractivity contribution in [3.8, 4) is 33.4 Å². The van der Waals surface area contributed by atoms with Gasteiger partial charge in [-0.3, -0.25) is 0 Å². The Kier molecular flexibility index (Phi) is 5.27. The number of rotatable bonds is 3. The molecule has 0 bridgehead atoms. The van der Waals surface area contributed by atoms with Gasteiger partial charge in [0.25, 0.3) is 0 Å². The molecule has 0 saturated carbocycles. The average molecular weight is 547 g/mol. The van der Waals surface area contributed by atoms with Gasteiger partial charge in [0, 0.05) is 21.9 Å². The van der Waals surface area contributed by atoms with Gasteiger partial charge in [-0.1, -0.05) is 152 Å². The summed E-state index contributed by atoms with van der Waals surface area (Å²) in [4.78, 5) is 0. The van der Waals surface area contributed by atoms with Gasteiger partial charge in [-0.05, 0) is 60.6 Å². The third-order valence-corrected chi connectivity index (χ3v) is 8.88. The summed E-state index contributed by atoms with van der Waals surface area (Å²) in [6.45, 7) is 0. The average Bonchev–Trinajstić information content (AvgIpc) is 3.46. The molecule has 0 spiro atoms. The lowest BCUT2D eigenvalue weighted by molar-refractivity contribution is 0.670. The highest BCUT2D eigenvalue weighted by Gasteiger charge is 2.20. The quantitative estimate of drug-likeness (QED) is 0.201. The third-order valence-electron chi connectivity index (χ3n) is 8.88. The maximum absolute atomic E-state index is 6.54. The minimum Gasteiger partial charge on any atom is -0.455 e. The predicted molar refractivity (Wildman–Crippen MR) is 183 cm³/mol. The monoisotopic (exact) mass is 546 g/mol. The first kappa shape index (κ1) is 24.0. The van der Waals surface area contributed by atoms with Gasteiger partial charge in [-0.2, -0.15) is 0 Å². The summed E-state index contributed by atoms with van der Waals surface area (Å²) in [7, 11) is 0. The molecule has 0 aliphatic rings. The van der Waals surface area contributed by atoms with Gasteiger partial charge in [0.2, 0.25) is 0 Å². The maximum Gasteiger partial charge on any atom is 0.143 e. The van der Waals surface area contributed by atoms with Crippen molar-refractivity contribution in [3.05, 3.63) is 158 Å². The lowest BCUT2D eigenvalue weighted by Gasteiger charge is -2.18. The normalized spacial score (nSPS) is 11.7. The van der Waals surface area contributed by atoms with Gasteiger partial charge in [-0.15, -0.1) is 0 Å². The summed E-state index contributed by atoms with van der Waals surface area (Å²) >= 11 is 0. The second-order valence-corrected chi connectivity index (χ2v) is 11.2. The zero-order valence-corrected chi connectivity index (χ0v) is 23.4. The molecule has 1 heterocycles. The van der Waals surface area contributed by atoms with E-state index in [9.17, 15) is 0 Å². The van der Waals surface area contributed by atoms with Gasteiger partial charge < -0.3 is 4.42 Å². The zero-order chi connectivity index (χ0) is 28.3. The Morgan fingerprint density at radius 2 is 0.791 bits per heavy atom. The van der Waals surface area contributed by atoms with E-state index < -0.39 is 0 Å². The first-order valence-electron chi connectivity index (χ1n) is 14.8. The van der Waals surface area contributed by atoms with Crippen molar-refractivity contribution in [2.75, 3.05) is 0 Å². The SMILES string of the molecule is c1ccc2c(-c3ccc(-c4c5ccccc5c(-c5cccc6c5oc5ccccc56)c5ccccc45)cc3)cccc2c1. The molecular formula is C42H26O. The summed E-state index contributed by atoms with van der Waals surface area (Å²) in [5.74, 6) is 0. The fourth-order valence-corrected chi connectivity index (χ4v) is 6.97. The van der Waals surface area contributed by atoms with E-state index in [1.54, 1.807) is 0 Å². The van der Waals surface area contributed by atoms with Crippen molar-refractivity contribution in [1.82, 2.24) is 0 Å². The summed E-state index contributed by atoms with van der Waals surface area (Å²) < 4.78 is 6.54. The molecule has 0 radical (unpaired) electrons. The maximum atomic E-state index is 6.54. The van der Waals surface area contributed by atoms with Crippen LogP contribution in [0.25, 0.3) is 87.6 Å². The highest BCUT2D eigenvalue weighted by atomic mass is 16.3. The van der Waals surface area contributed by atoms with Crippen LogP contribution in [0, 0.1) is 0 Å². The first-order chi connectivity index (χ1) is 21.3. The molecule has 0 N–H and O–H groups in total. The molecule has 43 heavy (non-hydrogen) atoms. The third kappa shape index (κ3) is 3.65. The van der Waals surface area contributed by atoms with Gasteiger partial charge in [0.1, 0.15) is 11.2 Å². The van der Waals surface area contributed by atoms with E-state index in [4.69, 9.17) is 4.42 Å². The number of hydrogen-bond acceptors (Lipinski definition) is 1. The molecule has 0 saturated heterocycles. The highest BCUT2D eigenvalue weighted by Crippen LogP contribution is 2.46. The molecule has 9 aromatic rings. The van der Waals surface area contributed by atoms with E-state index in [-0.39, 0.29) is 0 Å². The van der Waals surface area contributed by atoms with Crippen molar-refractivity contribution >= 4 is 54.3 Å². The van der Waals surface area contributed by atoms with E-state index in [2.05, 4.69) is 152 Å². The van der Waals surface area contributed by atoms with Crippen LogP contribution >= 0.6 is 0 Å². The van der Waals surface area contributed by atoms with Crippen LogP contribution in [-0.4, -0.2) is 0 Å². The Hall–Kier alpha value is -5.66. The molecule has 1 aromatic heterocycles. The number of para-hydroxylation sites is 2. The topological polar surface area (TPSA) is 13.1 Å². The van der Waals surface area contributed by atoms with Gasteiger partial charge in [0.05, 0.1) is 0 Å². The smallest absolute Gasteiger partial charge is 0.143 e. The first-order valence-corrected chi connectivity index (χ1v) is 14.8. The molecule has 9 rings (SSSR count). The molecule has 1 nitrogen and oxygen atoms in total. The van der Waals surface area contributed by atoms with Crippen molar-refractivity contribution in [2.45, 2.75) is 0 Å². The number of benzene rings is 8. The van der Waals surface area contributed by atoms with Crippen LogP contribution in [0.2, 0.25) is 0 Å². The van der Waals surface area contributed by atoms with Gasteiger partial charge in [0.15, 0.2) is 0 Å². The molecule has 0 aliphatic heterocycles. The minimum absolute atomic E-state index is 0.918. The summed E-state index contributed by atoms with van der Waals surface area (Å²) in [5.41, 5.74) is 9.15. The molecule has 200 valence electrons. The minimum atomic E-state index is 0.918. The van der Waals surface area contributed by atoms with E-state index in [1.165, 1.54) is 60.1 Å². The van der Waals surface area contributed by atoms with Crippen LogP contribution in [0.3, 0.4) is 0 Å². The lowest BCUT2D eigenvalue weighted by atomic mass is 9.85. The molecule has 1 heteroatoms. The molecule has 0 atom stereocenters. The van der Waals surface area contributed by atoms with Crippen LogP contribution < -0.4 is 0 Å². The number of hydrogen-bond donors (Lipinski definition) is 0. The fourth-order valence-electron chi connectivity index (χ4n) is 6.97. The van der Waals surface area contributed by atoms with Crippen molar-refractivity contribution in [3.63, 3.8) is 0 Å². The fraction of sp³-hybridized carbons (Fsp3) is 0. The van der Waals surface area contributed by atoms with Crippen molar-refractivity contribution in [1.29, 1.82) is 0 Å². The second-order valence-electron chi connectivity index (χ2n) is 11.2. The van der Waals surface area contributed by atoms with Crippen LogP contribution in [0.5, 0.6) is 0 Å². The van der Waals surface area contributed by atoms with Crippen LogP contribution in [0.4, 0.5) is 0 Å². The van der Waals surface area contributed by atoms with Crippen LogP contribution in [0.1, 0.15) is 0 Å². The summed E-state index contributed by atoms with van der Waals surface area (Å²) in [6.07, 6.45) is 0. The van der Waals surface area contributed by atoms with E-state index >= 15 is 0 Å². The Morgan fingerprint density at radius 1 is 0.302 bits per heavy atom. The van der Waals surface area contributed by atoms with Crippen molar-refractivity contribution in [2.24, 2.45) is 0 Å². The Labute approximate surface area is 249 Å². The number of furan rings is 1. The van der Waals surface area contributed by atoms with E-state index in [1.807, 2.05) is 6.07 Å². The Balaban J connectivity index is 1.30. The van der Waals surface area contributed by atoms with E-state index in [0.717, 1.165) is 27.5 Å². The zero-order valence-electron chi connectivity index (χ0n) is 23.4. The van der Waals surface area contributed by atoms with Crippen LogP contribution in [-0.2, 0) is 0 Å². The molecular weight excluding hydrogens is 520 g/mol. The molecule has 0 unspecified atom stereocenters. The van der Waals surface area contributed by atoms with Crippen LogP contribution in [0.15, 0.2) is 162 Å². The highest BCUT2D eigenvalue weighted by molar-refractivity contribution is 6.24. The molecule has 0 fully saturated rings. The number of fused-ring (bicyclic) bond motifs is 6. The largest absolute Gasteiger partial charge is 0.455 e. The molecule has 0 amide bonds. The Morgan fingerprint density at radius 3 is 1.51 bits per heavy atom. The van der Waals surface area contributed by atoms with Gasteiger partial charge in [-0.25, -0.2) is 0 Å². The van der Waals surface area contributed by atoms with Gasteiger partial charge >= 0.3 is 0 Å². The second kappa shape index (κ2) is 9.44. The predicted octanol–water partition coefficient (Wildman–Crippen LogP) is 12.0.